The maximum Gasteiger partial charge on any atom is 0.326 e. The average Bonchev–Trinajstić information content (AvgIpc) is 3.20. The molecule has 0 unspecified atom stereocenters. The fraction of sp³-hybridized carbons (Fsp3) is 0.758. The van der Waals surface area contributed by atoms with Crippen LogP contribution in [0.2, 0.25) is 0 Å². The second kappa shape index (κ2) is 12.0. The Hall–Kier alpha value is -2.86. The maximum absolute atomic E-state index is 12.8. The molecule has 4 aliphatic carbocycles. The summed E-state index contributed by atoms with van der Waals surface area (Å²) in [7, 11) is 0. The summed E-state index contributed by atoms with van der Waals surface area (Å²) in [6.07, 6.45) is 15.5. The Kier molecular flexibility index (Phi) is 9.18. The van der Waals surface area contributed by atoms with Crippen LogP contribution in [0.25, 0.3) is 0 Å². The highest BCUT2D eigenvalue weighted by molar-refractivity contribution is 5.96. The molecular formula is C33H49N3O6. The Morgan fingerprint density at radius 2 is 1.69 bits per heavy atom. The van der Waals surface area contributed by atoms with E-state index in [1.54, 1.807) is 27.7 Å². The van der Waals surface area contributed by atoms with Crippen LogP contribution in [0.4, 0.5) is 0 Å². The fourth-order valence-corrected chi connectivity index (χ4v) is 8.58. The van der Waals surface area contributed by atoms with Crippen LogP contribution in [0.1, 0.15) is 92.9 Å². The molecule has 2 amide bonds. The number of terminal acetylenes is 1. The Balaban J connectivity index is 1.36. The molecule has 4 N–H and O–H groups in total. The second-order valence-corrected chi connectivity index (χ2v) is 14.2. The molecule has 9 nitrogen and oxygen atoms in total. The third-order valence-corrected chi connectivity index (χ3v) is 11.2. The fourth-order valence-electron chi connectivity index (χ4n) is 8.58. The number of aliphatic carboxylic acids is 1. The number of amides is 2. The van der Waals surface area contributed by atoms with Crippen LogP contribution < -0.4 is 10.6 Å². The number of hydrogen-bond acceptors (Lipinski definition) is 6. The van der Waals surface area contributed by atoms with E-state index in [4.69, 9.17) is 11.3 Å². The minimum atomic E-state index is -1.12. The zero-order valence-electron chi connectivity index (χ0n) is 26.0. The van der Waals surface area contributed by atoms with Gasteiger partial charge in [-0.25, -0.2) is 4.79 Å². The minimum absolute atomic E-state index is 0.0825. The van der Waals surface area contributed by atoms with Crippen molar-refractivity contribution in [1.82, 2.24) is 10.6 Å². The molecule has 3 saturated carbocycles. The predicted octanol–water partition coefficient (Wildman–Crippen LogP) is 4.05. The predicted molar refractivity (Wildman–Crippen MR) is 160 cm³/mol. The van der Waals surface area contributed by atoms with E-state index >= 15 is 0 Å². The Bertz CT molecular complexity index is 1190. The van der Waals surface area contributed by atoms with Crippen LogP contribution in [-0.2, 0) is 19.2 Å². The quantitative estimate of drug-likeness (QED) is 0.239. The molecule has 42 heavy (non-hydrogen) atoms. The smallest absolute Gasteiger partial charge is 0.326 e. The molecule has 9 heteroatoms. The van der Waals surface area contributed by atoms with Crippen molar-refractivity contribution < 1.29 is 29.4 Å². The van der Waals surface area contributed by atoms with Crippen LogP contribution in [0.15, 0.2) is 16.8 Å². The first kappa shape index (κ1) is 32.1. The topological polar surface area (TPSA) is 137 Å². The largest absolute Gasteiger partial charge is 0.480 e. The van der Waals surface area contributed by atoms with Gasteiger partial charge in [-0.1, -0.05) is 58.2 Å². The molecule has 4 aliphatic rings. The SMILES string of the molecule is C#C[C@@]1(O)CC[C@@H]2[C@@H]3CCC4=C/C(=N\OCC(=O)N[C@H](C(=O)N[C@H](C(=O)O)C(C)C)C(C)C)CC[C@]4(C)[C@H]3CC[C@@]21C. The lowest BCUT2D eigenvalue weighted by molar-refractivity contribution is -0.143. The van der Waals surface area contributed by atoms with E-state index in [0.29, 0.717) is 24.2 Å². The molecule has 0 saturated heterocycles. The molecular weight excluding hydrogens is 534 g/mol. The van der Waals surface area contributed by atoms with Crippen molar-refractivity contribution in [2.45, 2.75) is 111 Å². The Morgan fingerprint density at radius 1 is 1.02 bits per heavy atom. The third-order valence-electron chi connectivity index (χ3n) is 11.2. The molecule has 0 radical (unpaired) electrons. The number of aliphatic hydroxyl groups is 1. The summed E-state index contributed by atoms with van der Waals surface area (Å²) >= 11 is 0. The lowest BCUT2D eigenvalue weighted by Crippen LogP contribution is -2.55. The molecule has 4 rings (SSSR count). The lowest BCUT2D eigenvalue weighted by atomic mass is 9.46. The van der Waals surface area contributed by atoms with Gasteiger partial charge in [-0.05, 0) is 92.4 Å². The summed E-state index contributed by atoms with van der Waals surface area (Å²) in [5, 5.41) is 30.1. The number of rotatable bonds is 9. The Labute approximate surface area is 250 Å². The molecule has 0 bridgehead atoms. The summed E-state index contributed by atoms with van der Waals surface area (Å²) in [4.78, 5) is 42.3. The van der Waals surface area contributed by atoms with Crippen LogP contribution >= 0.6 is 0 Å². The molecule has 3 fully saturated rings. The molecule has 0 heterocycles. The van der Waals surface area contributed by atoms with Crippen molar-refractivity contribution in [3.05, 3.63) is 11.6 Å². The summed E-state index contributed by atoms with van der Waals surface area (Å²) in [5.41, 5.74) is 1.09. The van der Waals surface area contributed by atoms with Crippen molar-refractivity contribution >= 4 is 23.5 Å². The van der Waals surface area contributed by atoms with E-state index in [-0.39, 0.29) is 29.3 Å². The number of allylic oxidation sites excluding steroid dienone is 2. The second-order valence-electron chi connectivity index (χ2n) is 14.2. The third kappa shape index (κ3) is 5.71. The van der Waals surface area contributed by atoms with Gasteiger partial charge >= 0.3 is 5.97 Å². The number of fused-ring (bicyclic) bond motifs is 5. The lowest BCUT2D eigenvalue weighted by Gasteiger charge is -2.58. The molecule has 0 aromatic carbocycles. The highest BCUT2D eigenvalue weighted by Crippen LogP contribution is 2.67. The van der Waals surface area contributed by atoms with E-state index in [1.807, 2.05) is 0 Å². The highest BCUT2D eigenvalue weighted by Gasteiger charge is 2.63. The number of carbonyl (C=O) groups excluding carboxylic acids is 2. The average molecular weight is 584 g/mol. The summed E-state index contributed by atoms with van der Waals surface area (Å²) in [6, 6.07) is -1.93. The van der Waals surface area contributed by atoms with Crippen LogP contribution in [0.3, 0.4) is 0 Å². The van der Waals surface area contributed by atoms with Crippen molar-refractivity contribution in [3.63, 3.8) is 0 Å². The molecule has 0 aromatic heterocycles. The van der Waals surface area contributed by atoms with Gasteiger partial charge in [0.05, 0.1) is 5.71 Å². The van der Waals surface area contributed by atoms with Gasteiger partial charge in [-0.15, -0.1) is 6.42 Å². The van der Waals surface area contributed by atoms with Gasteiger partial charge in [0.25, 0.3) is 5.91 Å². The van der Waals surface area contributed by atoms with Crippen LogP contribution in [0.5, 0.6) is 0 Å². The number of carboxylic acids is 1. The number of nitrogens with one attached hydrogen (secondary N) is 2. The van der Waals surface area contributed by atoms with E-state index in [1.165, 1.54) is 5.57 Å². The Morgan fingerprint density at radius 3 is 2.31 bits per heavy atom. The zero-order valence-corrected chi connectivity index (χ0v) is 26.0. The number of oxime groups is 1. The molecule has 8 atom stereocenters. The highest BCUT2D eigenvalue weighted by atomic mass is 16.6. The van der Waals surface area contributed by atoms with Crippen molar-refractivity contribution in [3.8, 4) is 12.3 Å². The van der Waals surface area contributed by atoms with E-state index < -0.39 is 35.5 Å². The minimum Gasteiger partial charge on any atom is -0.480 e. The van der Waals surface area contributed by atoms with Gasteiger partial charge in [-0.2, -0.15) is 0 Å². The van der Waals surface area contributed by atoms with E-state index in [9.17, 15) is 24.6 Å². The van der Waals surface area contributed by atoms with Gasteiger partial charge in [0.1, 0.15) is 17.7 Å². The molecule has 0 aromatic rings. The standard InChI is InChI=1S/C33H49N3O6/c1-8-33(41)16-13-25-23-10-9-21-17-22(11-14-31(21,6)24(23)12-15-32(25,33)7)36-42-18-26(37)34-27(19(2)3)29(38)35-28(20(4)5)30(39)40/h1,17,19-20,23-25,27-28,41H,9-16,18H2,2-7H3,(H,34,37)(H,35,38)(H,39,40)/b36-22-/t23-,24+,25-,27+,28+,31+,32+,33-/m1/s1. The summed E-state index contributed by atoms with van der Waals surface area (Å²) < 4.78 is 0. The molecule has 0 spiro atoms. The van der Waals surface area contributed by atoms with Gasteiger partial charge in [0.15, 0.2) is 6.61 Å². The number of hydrogen-bond donors (Lipinski definition) is 4. The number of nitrogens with zero attached hydrogens (tertiary/aromatic N) is 1. The molecule has 232 valence electrons. The maximum atomic E-state index is 12.8. The van der Waals surface area contributed by atoms with Crippen molar-refractivity contribution in [2.24, 2.45) is 45.6 Å². The molecule has 0 aliphatic heterocycles. The monoisotopic (exact) mass is 583 g/mol. The van der Waals surface area contributed by atoms with Gasteiger partial charge in [0.2, 0.25) is 5.91 Å². The van der Waals surface area contributed by atoms with Crippen LogP contribution in [0, 0.1) is 52.8 Å². The van der Waals surface area contributed by atoms with Gasteiger partial charge in [0, 0.05) is 5.41 Å². The first-order chi connectivity index (χ1) is 19.7. The van der Waals surface area contributed by atoms with Crippen molar-refractivity contribution in [1.29, 1.82) is 0 Å². The van der Waals surface area contributed by atoms with Gasteiger partial charge < -0.3 is 25.7 Å². The van der Waals surface area contributed by atoms with Crippen LogP contribution in [-0.4, -0.2) is 58.0 Å². The first-order valence-corrected chi connectivity index (χ1v) is 15.6. The van der Waals surface area contributed by atoms with E-state index in [2.05, 4.69) is 41.6 Å². The first-order valence-electron chi connectivity index (χ1n) is 15.6. The number of carboxylic acid groups (broad SMARTS) is 1. The zero-order chi connectivity index (χ0) is 31.0. The summed E-state index contributed by atoms with van der Waals surface area (Å²) in [5.74, 6) is 1.62. The van der Waals surface area contributed by atoms with Crippen molar-refractivity contribution in [2.75, 3.05) is 6.61 Å². The van der Waals surface area contributed by atoms with Gasteiger partial charge in [-0.3, -0.25) is 9.59 Å². The normalized spacial score (nSPS) is 36.1. The van der Waals surface area contributed by atoms with E-state index in [0.717, 1.165) is 50.7 Å². The number of carbonyl (C=O) groups is 3. The summed E-state index contributed by atoms with van der Waals surface area (Å²) in [6.45, 7) is 11.3.